The van der Waals surface area contributed by atoms with Gasteiger partial charge in [-0.3, -0.25) is 4.21 Å². The van der Waals surface area contributed by atoms with Gasteiger partial charge in [-0.2, -0.15) is 0 Å². The van der Waals surface area contributed by atoms with Gasteiger partial charge in [-0.05, 0) is 31.0 Å². The van der Waals surface area contributed by atoms with Crippen molar-refractivity contribution in [3.05, 3.63) is 30.1 Å². The second kappa shape index (κ2) is 5.06. The molecule has 0 heterocycles. The van der Waals surface area contributed by atoms with Crippen molar-refractivity contribution < 1.29 is 13.7 Å². The highest BCUT2D eigenvalue weighted by Gasteiger charge is 2.28. The Balaban J connectivity index is 2.81. The van der Waals surface area contributed by atoms with Gasteiger partial charge in [0.05, 0.1) is 22.2 Å². The lowest BCUT2D eigenvalue weighted by Crippen LogP contribution is -2.37. The van der Waals surface area contributed by atoms with Crippen molar-refractivity contribution in [2.45, 2.75) is 31.3 Å². The molecule has 0 saturated carbocycles. The summed E-state index contributed by atoms with van der Waals surface area (Å²) in [6.07, 6.45) is 0. The molecule has 0 radical (unpaired) electrons. The molecule has 16 heavy (non-hydrogen) atoms. The van der Waals surface area contributed by atoms with E-state index in [1.54, 1.807) is 13.0 Å². The SMILES string of the molecule is CC(C)C(C)(O)CS(=O)c1cccc(F)c1. The molecule has 2 nitrogen and oxygen atoms in total. The third kappa shape index (κ3) is 3.39. The third-order valence-electron chi connectivity index (χ3n) is 2.73. The summed E-state index contributed by atoms with van der Waals surface area (Å²) < 4.78 is 24.8. The molecule has 1 rings (SSSR count). The van der Waals surface area contributed by atoms with E-state index in [4.69, 9.17) is 0 Å². The minimum atomic E-state index is -1.37. The smallest absolute Gasteiger partial charge is 0.124 e. The monoisotopic (exact) mass is 244 g/mol. The molecule has 2 atom stereocenters. The summed E-state index contributed by atoms with van der Waals surface area (Å²) in [5.74, 6) is -0.284. The van der Waals surface area contributed by atoms with Gasteiger partial charge in [0.25, 0.3) is 0 Å². The Labute approximate surface area is 98.0 Å². The minimum Gasteiger partial charge on any atom is -0.389 e. The average Bonchev–Trinajstić information content (AvgIpc) is 2.16. The van der Waals surface area contributed by atoms with Crippen molar-refractivity contribution in [2.75, 3.05) is 5.75 Å². The van der Waals surface area contributed by atoms with Crippen molar-refractivity contribution in [2.24, 2.45) is 5.92 Å². The maximum absolute atomic E-state index is 12.9. The van der Waals surface area contributed by atoms with Crippen LogP contribution in [0.1, 0.15) is 20.8 Å². The van der Waals surface area contributed by atoms with Crippen molar-refractivity contribution in [1.82, 2.24) is 0 Å². The topological polar surface area (TPSA) is 37.3 Å². The molecule has 1 aromatic rings. The van der Waals surface area contributed by atoms with Crippen molar-refractivity contribution in [3.63, 3.8) is 0 Å². The molecule has 0 amide bonds. The van der Waals surface area contributed by atoms with Crippen molar-refractivity contribution in [1.29, 1.82) is 0 Å². The van der Waals surface area contributed by atoms with Crippen LogP contribution in [0.4, 0.5) is 4.39 Å². The Morgan fingerprint density at radius 3 is 2.62 bits per heavy atom. The van der Waals surface area contributed by atoms with Crippen LogP contribution < -0.4 is 0 Å². The van der Waals surface area contributed by atoms with Gasteiger partial charge >= 0.3 is 0 Å². The second-order valence-corrected chi connectivity index (χ2v) is 5.91. The molecule has 1 aromatic carbocycles. The number of aliphatic hydroxyl groups is 1. The molecule has 0 saturated heterocycles. The van der Waals surface area contributed by atoms with Gasteiger partial charge in [-0.1, -0.05) is 19.9 Å². The zero-order valence-corrected chi connectivity index (χ0v) is 10.6. The largest absolute Gasteiger partial charge is 0.389 e. The van der Waals surface area contributed by atoms with Crippen LogP contribution >= 0.6 is 0 Å². The molecular formula is C12H17FO2S. The fraction of sp³-hybridized carbons (Fsp3) is 0.500. The quantitative estimate of drug-likeness (QED) is 0.882. The lowest BCUT2D eigenvalue weighted by molar-refractivity contribution is 0.0368. The molecule has 0 aliphatic heterocycles. The summed E-state index contributed by atoms with van der Waals surface area (Å²) in [6.45, 7) is 5.38. The van der Waals surface area contributed by atoms with E-state index in [9.17, 15) is 13.7 Å². The first-order valence-corrected chi connectivity index (χ1v) is 6.51. The highest BCUT2D eigenvalue weighted by atomic mass is 32.2. The van der Waals surface area contributed by atoms with E-state index in [1.807, 2.05) is 13.8 Å². The lowest BCUT2D eigenvalue weighted by atomic mass is 9.95. The summed E-state index contributed by atoms with van der Waals surface area (Å²) in [4.78, 5) is 0.418. The first-order chi connectivity index (χ1) is 7.33. The average molecular weight is 244 g/mol. The summed E-state index contributed by atoms with van der Waals surface area (Å²) >= 11 is 0. The molecule has 0 aromatic heterocycles. The van der Waals surface area contributed by atoms with Crippen LogP contribution in [-0.4, -0.2) is 20.7 Å². The lowest BCUT2D eigenvalue weighted by Gasteiger charge is -2.26. The van der Waals surface area contributed by atoms with Crippen molar-refractivity contribution in [3.8, 4) is 0 Å². The van der Waals surface area contributed by atoms with Crippen LogP contribution in [0, 0.1) is 11.7 Å². The molecular weight excluding hydrogens is 227 g/mol. The van der Waals surface area contributed by atoms with Gasteiger partial charge in [-0.25, -0.2) is 4.39 Å². The number of hydrogen-bond acceptors (Lipinski definition) is 2. The Morgan fingerprint density at radius 1 is 1.50 bits per heavy atom. The fourth-order valence-electron chi connectivity index (χ4n) is 1.12. The molecule has 0 fully saturated rings. The summed E-state index contributed by atoms with van der Waals surface area (Å²) in [5.41, 5.74) is -1.00. The van der Waals surface area contributed by atoms with Gasteiger partial charge in [0, 0.05) is 4.90 Å². The van der Waals surface area contributed by atoms with Crippen LogP contribution in [0.2, 0.25) is 0 Å². The first kappa shape index (κ1) is 13.3. The maximum Gasteiger partial charge on any atom is 0.124 e. The third-order valence-corrected chi connectivity index (χ3v) is 4.35. The summed E-state index contributed by atoms with van der Waals surface area (Å²) in [7, 11) is -1.37. The van der Waals surface area contributed by atoms with E-state index in [-0.39, 0.29) is 11.7 Å². The Hall–Kier alpha value is -0.740. The van der Waals surface area contributed by atoms with Gasteiger partial charge in [0.15, 0.2) is 0 Å². The van der Waals surface area contributed by atoms with E-state index in [0.717, 1.165) is 0 Å². The highest BCUT2D eigenvalue weighted by molar-refractivity contribution is 7.85. The summed E-state index contributed by atoms with van der Waals surface area (Å²) in [5, 5.41) is 10.0. The highest BCUT2D eigenvalue weighted by Crippen LogP contribution is 2.20. The predicted octanol–water partition coefficient (Wildman–Crippen LogP) is 2.34. The van der Waals surface area contributed by atoms with E-state index in [1.165, 1.54) is 18.2 Å². The van der Waals surface area contributed by atoms with E-state index >= 15 is 0 Å². The molecule has 0 aliphatic carbocycles. The Morgan fingerprint density at radius 2 is 2.12 bits per heavy atom. The minimum absolute atomic E-state index is 0.00464. The van der Waals surface area contributed by atoms with Gasteiger partial charge < -0.3 is 5.11 Å². The maximum atomic E-state index is 12.9. The van der Waals surface area contributed by atoms with E-state index in [2.05, 4.69) is 0 Å². The molecule has 0 spiro atoms. The van der Waals surface area contributed by atoms with E-state index < -0.39 is 22.2 Å². The number of benzene rings is 1. The second-order valence-electron chi connectivity index (χ2n) is 4.46. The molecule has 0 bridgehead atoms. The number of rotatable bonds is 4. The normalized spacial score (nSPS) is 17.1. The van der Waals surface area contributed by atoms with Crippen LogP contribution in [0.3, 0.4) is 0 Å². The molecule has 90 valence electrons. The first-order valence-electron chi connectivity index (χ1n) is 5.19. The Kier molecular flexibility index (Phi) is 4.21. The zero-order valence-electron chi connectivity index (χ0n) is 9.74. The van der Waals surface area contributed by atoms with Gasteiger partial charge in [0.2, 0.25) is 0 Å². The molecule has 0 aliphatic rings. The standard InChI is InChI=1S/C12H17FO2S/c1-9(2)12(3,14)8-16(15)11-6-4-5-10(13)7-11/h4-7,9,14H,8H2,1-3H3. The van der Waals surface area contributed by atoms with Gasteiger partial charge in [-0.15, -0.1) is 0 Å². The summed E-state index contributed by atoms with van der Waals surface area (Å²) in [6, 6.07) is 5.68. The van der Waals surface area contributed by atoms with Crippen LogP contribution in [0.5, 0.6) is 0 Å². The molecule has 1 N–H and O–H groups in total. The molecule has 2 unspecified atom stereocenters. The number of hydrogen-bond donors (Lipinski definition) is 1. The van der Waals surface area contributed by atoms with Crippen molar-refractivity contribution >= 4 is 10.8 Å². The predicted molar refractivity (Wildman–Crippen MR) is 63.1 cm³/mol. The van der Waals surface area contributed by atoms with Crippen LogP contribution in [0.25, 0.3) is 0 Å². The fourth-order valence-corrected chi connectivity index (χ4v) is 2.63. The molecule has 4 heteroatoms. The zero-order chi connectivity index (χ0) is 12.3. The number of halogens is 1. The van der Waals surface area contributed by atoms with E-state index in [0.29, 0.717) is 4.90 Å². The Bertz CT molecular complexity index is 388. The van der Waals surface area contributed by atoms with Crippen LogP contribution in [0.15, 0.2) is 29.2 Å². The van der Waals surface area contributed by atoms with Gasteiger partial charge in [0.1, 0.15) is 5.82 Å². The van der Waals surface area contributed by atoms with Crippen LogP contribution in [-0.2, 0) is 10.8 Å².